The van der Waals surface area contributed by atoms with Crippen molar-refractivity contribution in [2.45, 2.75) is 18.9 Å². The maximum absolute atomic E-state index is 12.6. The fourth-order valence-corrected chi connectivity index (χ4v) is 3.17. The van der Waals surface area contributed by atoms with Crippen LogP contribution in [0.1, 0.15) is 30.0 Å². The van der Waals surface area contributed by atoms with Gasteiger partial charge in [0, 0.05) is 45.3 Å². The van der Waals surface area contributed by atoms with E-state index in [0.717, 1.165) is 23.0 Å². The second-order valence-corrected chi connectivity index (χ2v) is 6.15. The van der Waals surface area contributed by atoms with Gasteiger partial charge in [-0.25, -0.2) is 4.79 Å². The first-order valence-corrected chi connectivity index (χ1v) is 8.14. The van der Waals surface area contributed by atoms with Crippen LogP contribution in [-0.2, 0) is 18.9 Å². The van der Waals surface area contributed by atoms with Crippen LogP contribution in [0, 0.1) is 0 Å². The molecule has 1 aliphatic rings. The SMILES string of the molecule is Cn1cc(C=CC(=O)N2CCCC2c2ccncc2)c(=O)n(C)c1=O. The first-order valence-electron chi connectivity index (χ1n) is 8.14. The number of pyridine rings is 1. The molecule has 1 unspecified atom stereocenters. The minimum absolute atomic E-state index is 0.0307. The number of carbonyl (C=O) groups is 1. The lowest BCUT2D eigenvalue weighted by atomic mass is 10.1. The second-order valence-electron chi connectivity index (χ2n) is 6.15. The molecule has 0 radical (unpaired) electrons. The van der Waals surface area contributed by atoms with Gasteiger partial charge < -0.3 is 9.47 Å². The third-order valence-electron chi connectivity index (χ3n) is 4.51. The molecular weight excluding hydrogens is 320 g/mol. The molecule has 1 fully saturated rings. The van der Waals surface area contributed by atoms with Gasteiger partial charge in [-0.15, -0.1) is 0 Å². The number of hydrogen-bond donors (Lipinski definition) is 0. The maximum atomic E-state index is 12.6. The van der Waals surface area contributed by atoms with Gasteiger partial charge in [0.15, 0.2) is 0 Å². The standard InChI is InChI=1S/C18H20N4O3/c1-20-12-14(17(24)21(2)18(20)25)5-6-16(23)22-11-3-4-15(22)13-7-9-19-10-8-13/h5-10,12,15H,3-4,11H2,1-2H3. The lowest BCUT2D eigenvalue weighted by Gasteiger charge is -2.23. The second kappa shape index (κ2) is 6.88. The van der Waals surface area contributed by atoms with Crippen LogP contribution >= 0.6 is 0 Å². The van der Waals surface area contributed by atoms with E-state index in [4.69, 9.17) is 0 Å². The Kier molecular flexibility index (Phi) is 4.65. The molecule has 7 heteroatoms. The Morgan fingerprint density at radius 3 is 2.68 bits per heavy atom. The molecule has 0 bridgehead atoms. The Morgan fingerprint density at radius 1 is 1.24 bits per heavy atom. The molecule has 0 aromatic carbocycles. The largest absolute Gasteiger partial charge is 0.332 e. The maximum Gasteiger partial charge on any atom is 0.330 e. The first-order chi connectivity index (χ1) is 12.0. The van der Waals surface area contributed by atoms with E-state index in [1.165, 1.54) is 30.0 Å². The molecule has 3 rings (SSSR count). The summed E-state index contributed by atoms with van der Waals surface area (Å²) in [5, 5.41) is 0. The van der Waals surface area contributed by atoms with Crippen molar-refractivity contribution >= 4 is 12.0 Å². The van der Waals surface area contributed by atoms with Crippen LogP contribution in [0.3, 0.4) is 0 Å². The van der Waals surface area contributed by atoms with Crippen molar-refractivity contribution in [1.29, 1.82) is 0 Å². The summed E-state index contributed by atoms with van der Waals surface area (Å²) in [6.45, 7) is 0.682. The number of likely N-dealkylation sites (tertiary alicyclic amines) is 1. The van der Waals surface area contributed by atoms with Crippen molar-refractivity contribution in [3.05, 3.63) is 68.8 Å². The zero-order valence-electron chi connectivity index (χ0n) is 14.3. The molecule has 130 valence electrons. The van der Waals surface area contributed by atoms with Crippen molar-refractivity contribution in [1.82, 2.24) is 19.0 Å². The Bertz CT molecular complexity index is 928. The number of hydrogen-bond acceptors (Lipinski definition) is 4. The van der Waals surface area contributed by atoms with E-state index in [9.17, 15) is 14.4 Å². The minimum atomic E-state index is -0.417. The number of amides is 1. The van der Waals surface area contributed by atoms with E-state index in [-0.39, 0.29) is 11.9 Å². The zero-order valence-corrected chi connectivity index (χ0v) is 14.3. The highest BCUT2D eigenvalue weighted by Crippen LogP contribution is 2.31. The zero-order chi connectivity index (χ0) is 18.0. The third kappa shape index (κ3) is 3.31. The Hall–Kier alpha value is -2.96. The molecule has 2 aromatic heterocycles. The summed E-state index contributed by atoms with van der Waals surface area (Å²) in [7, 11) is 2.99. The van der Waals surface area contributed by atoms with Gasteiger partial charge in [-0.1, -0.05) is 0 Å². The van der Waals surface area contributed by atoms with Crippen LogP contribution < -0.4 is 11.2 Å². The normalized spacial score (nSPS) is 17.4. The summed E-state index contributed by atoms with van der Waals surface area (Å²) >= 11 is 0. The lowest BCUT2D eigenvalue weighted by Crippen LogP contribution is -2.37. The van der Waals surface area contributed by atoms with Crippen LogP contribution in [0.4, 0.5) is 0 Å². The Balaban J connectivity index is 1.84. The third-order valence-corrected chi connectivity index (χ3v) is 4.51. The number of rotatable bonds is 3. The number of nitrogens with zero attached hydrogens (tertiary/aromatic N) is 4. The van der Waals surface area contributed by atoms with Gasteiger partial charge in [-0.2, -0.15) is 0 Å². The van der Waals surface area contributed by atoms with Gasteiger partial charge in [-0.05, 0) is 36.6 Å². The summed E-state index contributed by atoms with van der Waals surface area (Å²) in [5.41, 5.74) is 0.551. The molecular formula is C18H20N4O3. The van der Waals surface area contributed by atoms with Crippen LogP contribution in [-0.4, -0.2) is 31.5 Å². The van der Waals surface area contributed by atoms with Gasteiger partial charge in [-0.3, -0.25) is 19.1 Å². The lowest BCUT2D eigenvalue weighted by molar-refractivity contribution is -0.126. The van der Waals surface area contributed by atoms with E-state index >= 15 is 0 Å². The highest BCUT2D eigenvalue weighted by molar-refractivity contribution is 5.92. The van der Waals surface area contributed by atoms with Gasteiger partial charge in [0.05, 0.1) is 11.6 Å². The van der Waals surface area contributed by atoms with E-state index in [1.54, 1.807) is 24.3 Å². The van der Waals surface area contributed by atoms with Gasteiger partial charge in [0.2, 0.25) is 5.91 Å². The van der Waals surface area contributed by atoms with Crippen molar-refractivity contribution in [2.75, 3.05) is 6.54 Å². The van der Waals surface area contributed by atoms with Crippen LogP contribution in [0.15, 0.2) is 46.4 Å². The van der Waals surface area contributed by atoms with Crippen molar-refractivity contribution in [2.24, 2.45) is 14.1 Å². The molecule has 0 saturated carbocycles. The summed E-state index contributed by atoms with van der Waals surface area (Å²) in [4.78, 5) is 42.3. The van der Waals surface area contributed by atoms with E-state index in [1.807, 2.05) is 12.1 Å². The van der Waals surface area contributed by atoms with Crippen molar-refractivity contribution in [3.63, 3.8) is 0 Å². The monoisotopic (exact) mass is 340 g/mol. The van der Waals surface area contributed by atoms with Gasteiger partial charge >= 0.3 is 5.69 Å². The van der Waals surface area contributed by atoms with Crippen LogP contribution in [0.25, 0.3) is 6.08 Å². The van der Waals surface area contributed by atoms with Gasteiger partial charge in [0.25, 0.3) is 5.56 Å². The average molecular weight is 340 g/mol. The van der Waals surface area contributed by atoms with Gasteiger partial charge in [0.1, 0.15) is 0 Å². The first kappa shape index (κ1) is 16.9. The highest BCUT2D eigenvalue weighted by atomic mass is 16.2. The van der Waals surface area contributed by atoms with Crippen LogP contribution in [0.2, 0.25) is 0 Å². The summed E-state index contributed by atoms with van der Waals surface area (Å²) < 4.78 is 2.35. The highest BCUT2D eigenvalue weighted by Gasteiger charge is 2.28. The Morgan fingerprint density at radius 2 is 1.96 bits per heavy atom. The van der Waals surface area contributed by atoms with E-state index in [2.05, 4.69) is 4.98 Å². The average Bonchev–Trinajstić information content (AvgIpc) is 3.12. The minimum Gasteiger partial charge on any atom is -0.332 e. The quantitative estimate of drug-likeness (QED) is 0.777. The van der Waals surface area contributed by atoms with Crippen molar-refractivity contribution < 1.29 is 4.79 Å². The smallest absolute Gasteiger partial charge is 0.330 e. The van der Waals surface area contributed by atoms with E-state index in [0.29, 0.717) is 12.1 Å². The molecule has 3 heterocycles. The van der Waals surface area contributed by atoms with E-state index < -0.39 is 11.2 Å². The predicted molar refractivity (Wildman–Crippen MR) is 93.9 cm³/mol. The van der Waals surface area contributed by atoms with Crippen molar-refractivity contribution in [3.8, 4) is 0 Å². The molecule has 1 aliphatic heterocycles. The number of carbonyl (C=O) groups excluding carboxylic acids is 1. The summed E-state index contributed by atoms with van der Waals surface area (Å²) in [6, 6.07) is 3.87. The summed E-state index contributed by atoms with van der Waals surface area (Å²) in [5.74, 6) is -0.143. The molecule has 25 heavy (non-hydrogen) atoms. The molecule has 0 aliphatic carbocycles. The molecule has 0 N–H and O–H groups in total. The fraction of sp³-hybridized carbons (Fsp3) is 0.333. The topological polar surface area (TPSA) is 77.2 Å². The molecule has 2 aromatic rings. The molecule has 1 atom stereocenters. The fourth-order valence-electron chi connectivity index (χ4n) is 3.17. The molecule has 1 amide bonds. The molecule has 0 spiro atoms. The molecule has 7 nitrogen and oxygen atoms in total. The number of aryl methyl sites for hydroxylation is 1. The summed E-state index contributed by atoms with van der Waals surface area (Å²) in [6.07, 6.45) is 9.62. The Labute approximate surface area is 144 Å². The molecule has 1 saturated heterocycles. The number of aromatic nitrogens is 3. The van der Waals surface area contributed by atoms with Crippen LogP contribution in [0.5, 0.6) is 0 Å². The predicted octanol–water partition coefficient (Wildman–Crippen LogP) is 0.856.